The third-order valence-corrected chi connectivity index (χ3v) is 1.89. The number of nitrogens with zero attached hydrogens (tertiary/aromatic N) is 1. The minimum atomic E-state index is -1.01. The van der Waals surface area contributed by atoms with Gasteiger partial charge in [-0.25, -0.2) is 0 Å². The smallest absolute Gasteiger partial charge is 0.323 e. The van der Waals surface area contributed by atoms with Crippen LogP contribution in [0.5, 0.6) is 0 Å². The molecule has 82 valence electrons. The van der Waals surface area contributed by atoms with E-state index in [-0.39, 0.29) is 24.9 Å². The summed E-state index contributed by atoms with van der Waals surface area (Å²) in [5.74, 6) is -1.22. The molecule has 0 radical (unpaired) electrons. The van der Waals surface area contributed by atoms with Gasteiger partial charge >= 0.3 is 5.97 Å². The molecule has 0 aromatic carbocycles. The summed E-state index contributed by atoms with van der Waals surface area (Å²) in [4.78, 5) is 22.8. The second-order valence-electron chi connectivity index (χ2n) is 3.40. The van der Waals surface area contributed by atoms with Crippen LogP contribution in [0.2, 0.25) is 0 Å². The van der Waals surface area contributed by atoms with Crippen LogP contribution in [-0.2, 0) is 9.59 Å². The fourth-order valence-electron chi connectivity index (χ4n) is 1.14. The van der Waals surface area contributed by atoms with Crippen LogP contribution >= 0.6 is 0 Å². The van der Waals surface area contributed by atoms with Crippen molar-refractivity contribution in [3.63, 3.8) is 0 Å². The van der Waals surface area contributed by atoms with Crippen molar-refractivity contribution in [2.45, 2.75) is 32.2 Å². The molecule has 3 N–H and O–H groups in total. The molecular weight excluding hydrogens is 184 g/mol. The zero-order valence-corrected chi connectivity index (χ0v) is 8.69. The summed E-state index contributed by atoms with van der Waals surface area (Å²) in [5, 5.41) is 8.45. The summed E-state index contributed by atoms with van der Waals surface area (Å²) in [6, 6.07) is -0.163. The highest BCUT2D eigenvalue weighted by molar-refractivity contribution is 5.81. The van der Waals surface area contributed by atoms with Crippen molar-refractivity contribution in [1.82, 2.24) is 4.90 Å². The van der Waals surface area contributed by atoms with Crippen LogP contribution in [0.25, 0.3) is 0 Å². The van der Waals surface area contributed by atoms with Gasteiger partial charge in [0.25, 0.3) is 0 Å². The number of rotatable bonds is 6. The summed E-state index contributed by atoms with van der Waals surface area (Å²) < 4.78 is 0. The molecule has 1 amide bonds. The molecule has 5 nitrogen and oxygen atoms in total. The zero-order chi connectivity index (χ0) is 11.1. The number of hydrogen-bond acceptors (Lipinski definition) is 3. The predicted octanol–water partition coefficient (Wildman–Crippen LogP) is 0.0469. The third kappa shape index (κ3) is 5.53. The third-order valence-electron chi connectivity index (χ3n) is 1.89. The molecule has 0 fully saturated rings. The lowest BCUT2D eigenvalue weighted by Crippen LogP contribution is -2.36. The second kappa shape index (κ2) is 6.37. The largest absolute Gasteiger partial charge is 0.480 e. The van der Waals surface area contributed by atoms with Gasteiger partial charge in [0.05, 0.1) is 0 Å². The van der Waals surface area contributed by atoms with E-state index in [4.69, 9.17) is 10.8 Å². The molecule has 5 heteroatoms. The molecule has 0 aromatic rings. The molecule has 0 heterocycles. The van der Waals surface area contributed by atoms with E-state index < -0.39 is 5.97 Å². The molecule has 1 unspecified atom stereocenters. The minimum absolute atomic E-state index is 0.163. The summed E-state index contributed by atoms with van der Waals surface area (Å²) in [7, 11) is 1.47. The van der Waals surface area contributed by atoms with Gasteiger partial charge in [0.15, 0.2) is 0 Å². The summed E-state index contributed by atoms with van der Waals surface area (Å²) in [6.45, 7) is 1.73. The molecule has 14 heavy (non-hydrogen) atoms. The number of carboxylic acids is 1. The zero-order valence-electron chi connectivity index (χ0n) is 8.69. The number of nitrogens with two attached hydrogens (primary N) is 1. The van der Waals surface area contributed by atoms with Crippen LogP contribution in [0.4, 0.5) is 0 Å². The van der Waals surface area contributed by atoms with Crippen LogP contribution < -0.4 is 5.73 Å². The van der Waals surface area contributed by atoms with E-state index in [1.54, 1.807) is 0 Å². The van der Waals surface area contributed by atoms with E-state index in [1.165, 1.54) is 11.9 Å². The molecule has 0 saturated carbocycles. The van der Waals surface area contributed by atoms with E-state index in [0.717, 1.165) is 12.8 Å². The highest BCUT2D eigenvalue weighted by atomic mass is 16.4. The van der Waals surface area contributed by atoms with Gasteiger partial charge in [0, 0.05) is 19.5 Å². The van der Waals surface area contributed by atoms with Crippen LogP contribution in [0, 0.1) is 0 Å². The molecule has 0 aliphatic rings. The Labute approximate surface area is 83.9 Å². The van der Waals surface area contributed by atoms with E-state index in [0.29, 0.717) is 0 Å². The topological polar surface area (TPSA) is 83.6 Å². The Morgan fingerprint density at radius 3 is 2.50 bits per heavy atom. The lowest BCUT2D eigenvalue weighted by atomic mass is 10.1. The first-order valence-electron chi connectivity index (χ1n) is 4.68. The Morgan fingerprint density at radius 1 is 1.50 bits per heavy atom. The number of carboxylic acid groups (broad SMARTS) is 1. The molecule has 0 aromatic heterocycles. The number of amides is 1. The van der Waals surface area contributed by atoms with Crippen molar-refractivity contribution in [3.05, 3.63) is 0 Å². The molecule has 1 atom stereocenters. The highest BCUT2D eigenvalue weighted by Gasteiger charge is 2.14. The maximum Gasteiger partial charge on any atom is 0.323 e. The molecule has 0 spiro atoms. The molecule has 0 rings (SSSR count). The van der Waals surface area contributed by atoms with E-state index in [1.807, 2.05) is 6.92 Å². The molecule has 0 aliphatic carbocycles. The van der Waals surface area contributed by atoms with Crippen molar-refractivity contribution in [2.24, 2.45) is 5.73 Å². The summed E-state index contributed by atoms with van der Waals surface area (Å²) in [5.41, 5.74) is 5.66. The van der Waals surface area contributed by atoms with Gasteiger partial charge in [0.1, 0.15) is 6.54 Å². The normalized spacial score (nSPS) is 12.2. The van der Waals surface area contributed by atoms with Crippen molar-refractivity contribution >= 4 is 11.9 Å². The average Bonchev–Trinajstić information content (AvgIpc) is 2.02. The van der Waals surface area contributed by atoms with Crippen molar-refractivity contribution in [3.8, 4) is 0 Å². The van der Waals surface area contributed by atoms with Gasteiger partial charge in [0.2, 0.25) is 5.91 Å². The first-order chi connectivity index (χ1) is 6.47. The number of hydrogen-bond donors (Lipinski definition) is 2. The van der Waals surface area contributed by atoms with Gasteiger partial charge in [-0.05, 0) is 6.42 Å². The fraction of sp³-hybridized carbons (Fsp3) is 0.778. The van der Waals surface area contributed by atoms with E-state index in [2.05, 4.69) is 0 Å². The van der Waals surface area contributed by atoms with Gasteiger partial charge in [-0.1, -0.05) is 13.3 Å². The first kappa shape index (κ1) is 12.9. The van der Waals surface area contributed by atoms with Gasteiger partial charge in [-0.3, -0.25) is 9.59 Å². The maximum absolute atomic E-state index is 11.3. The van der Waals surface area contributed by atoms with Crippen molar-refractivity contribution < 1.29 is 14.7 Å². The first-order valence-corrected chi connectivity index (χ1v) is 4.68. The van der Waals surface area contributed by atoms with Crippen LogP contribution in [0.3, 0.4) is 0 Å². The van der Waals surface area contributed by atoms with Crippen molar-refractivity contribution in [1.29, 1.82) is 0 Å². The molecule has 0 aliphatic heterocycles. The average molecular weight is 202 g/mol. The van der Waals surface area contributed by atoms with Gasteiger partial charge < -0.3 is 15.7 Å². The summed E-state index contributed by atoms with van der Waals surface area (Å²) >= 11 is 0. The van der Waals surface area contributed by atoms with Crippen molar-refractivity contribution in [2.75, 3.05) is 13.6 Å². The Bertz CT molecular complexity index is 206. The van der Waals surface area contributed by atoms with Gasteiger partial charge in [-0.15, -0.1) is 0 Å². The molecular formula is C9H18N2O3. The lowest BCUT2D eigenvalue weighted by molar-refractivity contribution is -0.143. The van der Waals surface area contributed by atoms with E-state index in [9.17, 15) is 9.59 Å². The Kier molecular flexibility index (Phi) is 5.87. The monoisotopic (exact) mass is 202 g/mol. The number of likely N-dealkylation sites (N-methyl/N-ethyl adjacent to an activating group) is 1. The SMILES string of the molecule is CCCC(N)CC(=O)N(C)CC(=O)O. The van der Waals surface area contributed by atoms with Crippen LogP contribution in [0.1, 0.15) is 26.2 Å². The van der Waals surface area contributed by atoms with Crippen LogP contribution in [-0.4, -0.2) is 41.5 Å². The lowest BCUT2D eigenvalue weighted by Gasteiger charge is -2.17. The maximum atomic E-state index is 11.3. The van der Waals surface area contributed by atoms with Gasteiger partial charge in [-0.2, -0.15) is 0 Å². The fourth-order valence-corrected chi connectivity index (χ4v) is 1.14. The second-order valence-corrected chi connectivity index (χ2v) is 3.40. The van der Waals surface area contributed by atoms with Crippen LogP contribution in [0.15, 0.2) is 0 Å². The number of carbonyl (C=O) groups excluding carboxylic acids is 1. The summed E-state index contributed by atoms with van der Waals surface area (Å²) in [6.07, 6.45) is 1.93. The Hall–Kier alpha value is -1.10. The Morgan fingerprint density at radius 2 is 2.07 bits per heavy atom. The standard InChI is InChI=1S/C9H18N2O3/c1-3-4-7(10)5-8(12)11(2)6-9(13)14/h7H,3-6,10H2,1-2H3,(H,13,14). The quantitative estimate of drug-likeness (QED) is 0.637. The molecule has 0 saturated heterocycles. The minimum Gasteiger partial charge on any atom is -0.480 e. The molecule has 0 bridgehead atoms. The number of aliphatic carboxylic acids is 1. The highest BCUT2D eigenvalue weighted by Crippen LogP contribution is 2.01. The Balaban J connectivity index is 3.88. The predicted molar refractivity (Wildman–Crippen MR) is 52.8 cm³/mol. The van der Waals surface area contributed by atoms with E-state index >= 15 is 0 Å². The number of carbonyl (C=O) groups is 2.